The smallest absolute Gasteiger partial charge is 0.127 e. The first-order chi connectivity index (χ1) is 6.76. The van der Waals surface area contributed by atoms with E-state index in [9.17, 15) is 4.79 Å². The lowest BCUT2D eigenvalue weighted by molar-refractivity contribution is -0.123. The highest BCUT2D eigenvalue weighted by Crippen LogP contribution is 2.28. The fourth-order valence-electron chi connectivity index (χ4n) is 1.98. The Kier molecular flexibility index (Phi) is 4.55. The van der Waals surface area contributed by atoms with Crippen molar-refractivity contribution in [1.29, 1.82) is 0 Å². The van der Waals surface area contributed by atoms with E-state index in [0.29, 0.717) is 0 Å². The van der Waals surface area contributed by atoms with E-state index in [0.717, 1.165) is 52.0 Å². The van der Waals surface area contributed by atoms with Crippen molar-refractivity contribution in [3.8, 4) is 0 Å². The zero-order valence-electron chi connectivity index (χ0n) is 9.29. The van der Waals surface area contributed by atoms with Crippen LogP contribution in [0, 0.1) is 5.41 Å². The Morgan fingerprint density at radius 1 is 1.29 bits per heavy atom. The van der Waals surface area contributed by atoms with Crippen LogP contribution in [-0.4, -0.2) is 44.0 Å². The maximum absolute atomic E-state index is 11.2. The summed E-state index contributed by atoms with van der Waals surface area (Å²) in [5.74, 6) is 0. The lowest BCUT2D eigenvalue weighted by atomic mass is 9.81. The molecule has 0 aliphatic carbocycles. The molecule has 1 saturated heterocycles. The summed E-state index contributed by atoms with van der Waals surface area (Å²) in [6.45, 7) is 8.69. The highest BCUT2D eigenvalue weighted by molar-refractivity contribution is 5.60. The van der Waals surface area contributed by atoms with Crippen LogP contribution in [0.4, 0.5) is 0 Å². The van der Waals surface area contributed by atoms with Crippen LogP contribution in [0.5, 0.6) is 0 Å². The van der Waals surface area contributed by atoms with E-state index in [4.69, 9.17) is 4.74 Å². The van der Waals surface area contributed by atoms with Gasteiger partial charge >= 0.3 is 0 Å². The first-order valence-electron chi connectivity index (χ1n) is 5.53. The lowest BCUT2D eigenvalue weighted by Crippen LogP contribution is -2.42. The van der Waals surface area contributed by atoms with Gasteiger partial charge in [0.2, 0.25) is 0 Å². The van der Waals surface area contributed by atoms with Gasteiger partial charge in [0, 0.05) is 25.2 Å². The van der Waals surface area contributed by atoms with Crippen LogP contribution < -0.4 is 0 Å². The third-order valence-electron chi connectivity index (χ3n) is 3.17. The van der Waals surface area contributed by atoms with Gasteiger partial charge in [-0.25, -0.2) is 0 Å². The molecule has 3 heteroatoms. The highest BCUT2D eigenvalue weighted by Gasteiger charge is 2.33. The number of nitrogens with zero attached hydrogens (tertiary/aromatic N) is 1. The van der Waals surface area contributed by atoms with E-state index < -0.39 is 0 Å². The highest BCUT2D eigenvalue weighted by atomic mass is 16.5. The Bertz CT molecular complexity index is 172. The Hall–Kier alpha value is -0.410. The molecule has 82 valence electrons. The number of carbonyl (C=O) groups is 1. The van der Waals surface area contributed by atoms with Crippen LogP contribution >= 0.6 is 0 Å². The molecule has 0 aromatic heterocycles. The van der Waals surface area contributed by atoms with E-state index >= 15 is 0 Å². The number of ether oxygens (including phenoxy) is 1. The molecule has 3 nitrogen and oxygen atoms in total. The maximum atomic E-state index is 11.2. The van der Waals surface area contributed by atoms with Crippen molar-refractivity contribution in [3.63, 3.8) is 0 Å². The molecule has 0 spiro atoms. The Morgan fingerprint density at radius 2 is 1.86 bits per heavy atom. The van der Waals surface area contributed by atoms with E-state index in [-0.39, 0.29) is 5.41 Å². The quantitative estimate of drug-likeness (QED) is 0.625. The summed E-state index contributed by atoms with van der Waals surface area (Å²) in [5, 5.41) is 0. The zero-order valence-corrected chi connectivity index (χ0v) is 9.29. The first-order valence-corrected chi connectivity index (χ1v) is 5.53. The molecule has 1 heterocycles. The molecule has 14 heavy (non-hydrogen) atoms. The SMILES string of the molecule is CCN(CC)CC1(C=O)CCOCC1. The predicted octanol–water partition coefficient (Wildman–Crippen LogP) is 1.32. The Labute approximate surface area is 86.4 Å². The van der Waals surface area contributed by atoms with Crippen molar-refractivity contribution < 1.29 is 9.53 Å². The van der Waals surface area contributed by atoms with E-state index in [1.807, 2.05) is 0 Å². The summed E-state index contributed by atoms with van der Waals surface area (Å²) in [6, 6.07) is 0. The van der Waals surface area contributed by atoms with Gasteiger partial charge in [-0.2, -0.15) is 0 Å². The molecular formula is C11H21NO2. The molecule has 0 saturated carbocycles. The number of hydrogen-bond acceptors (Lipinski definition) is 3. The summed E-state index contributed by atoms with van der Waals surface area (Å²) in [4.78, 5) is 13.5. The maximum Gasteiger partial charge on any atom is 0.127 e. The minimum atomic E-state index is -0.135. The van der Waals surface area contributed by atoms with Crippen LogP contribution in [0.15, 0.2) is 0 Å². The summed E-state index contributed by atoms with van der Waals surface area (Å²) in [7, 11) is 0. The molecule has 0 aromatic carbocycles. The van der Waals surface area contributed by atoms with Crippen molar-refractivity contribution in [2.24, 2.45) is 5.41 Å². The average Bonchev–Trinajstić information content (AvgIpc) is 2.27. The van der Waals surface area contributed by atoms with E-state index in [1.165, 1.54) is 0 Å². The van der Waals surface area contributed by atoms with Gasteiger partial charge < -0.3 is 14.4 Å². The monoisotopic (exact) mass is 199 g/mol. The van der Waals surface area contributed by atoms with E-state index in [2.05, 4.69) is 18.7 Å². The van der Waals surface area contributed by atoms with E-state index in [1.54, 1.807) is 0 Å². The first kappa shape index (κ1) is 11.7. The summed E-state index contributed by atoms with van der Waals surface area (Å²) in [6.07, 6.45) is 2.91. The van der Waals surface area contributed by atoms with Gasteiger partial charge in [0.1, 0.15) is 6.29 Å². The van der Waals surface area contributed by atoms with Gasteiger partial charge in [-0.15, -0.1) is 0 Å². The molecule has 1 rings (SSSR count). The average molecular weight is 199 g/mol. The van der Waals surface area contributed by atoms with Gasteiger partial charge in [-0.1, -0.05) is 13.8 Å². The van der Waals surface area contributed by atoms with Gasteiger partial charge in [0.05, 0.1) is 0 Å². The van der Waals surface area contributed by atoms with Crippen LogP contribution in [-0.2, 0) is 9.53 Å². The fourth-order valence-corrected chi connectivity index (χ4v) is 1.98. The second-order valence-corrected chi connectivity index (χ2v) is 4.05. The molecule has 0 atom stereocenters. The second-order valence-electron chi connectivity index (χ2n) is 4.05. The van der Waals surface area contributed by atoms with Crippen LogP contribution in [0.1, 0.15) is 26.7 Å². The Balaban J connectivity index is 2.54. The van der Waals surface area contributed by atoms with Gasteiger partial charge in [-0.3, -0.25) is 0 Å². The Morgan fingerprint density at radius 3 is 2.29 bits per heavy atom. The molecule has 0 aromatic rings. The fraction of sp³-hybridized carbons (Fsp3) is 0.909. The van der Waals surface area contributed by atoms with Crippen molar-refractivity contribution in [2.45, 2.75) is 26.7 Å². The molecular weight excluding hydrogens is 178 g/mol. The molecule has 1 aliphatic heterocycles. The molecule has 1 aliphatic rings. The van der Waals surface area contributed by atoms with Crippen molar-refractivity contribution in [1.82, 2.24) is 4.90 Å². The summed E-state index contributed by atoms with van der Waals surface area (Å²) < 4.78 is 5.30. The molecule has 0 N–H and O–H groups in total. The summed E-state index contributed by atoms with van der Waals surface area (Å²) >= 11 is 0. The van der Waals surface area contributed by atoms with Gasteiger partial charge in [0.15, 0.2) is 0 Å². The topological polar surface area (TPSA) is 29.5 Å². The zero-order chi connectivity index (χ0) is 10.4. The lowest BCUT2D eigenvalue weighted by Gasteiger charge is -2.36. The van der Waals surface area contributed by atoms with Gasteiger partial charge in [-0.05, 0) is 25.9 Å². The van der Waals surface area contributed by atoms with Crippen LogP contribution in [0.2, 0.25) is 0 Å². The van der Waals surface area contributed by atoms with Crippen molar-refractivity contribution in [3.05, 3.63) is 0 Å². The van der Waals surface area contributed by atoms with Crippen LogP contribution in [0.25, 0.3) is 0 Å². The van der Waals surface area contributed by atoms with Crippen molar-refractivity contribution in [2.75, 3.05) is 32.8 Å². The number of hydrogen-bond donors (Lipinski definition) is 0. The largest absolute Gasteiger partial charge is 0.381 e. The predicted molar refractivity (Wildman–Crippen MR) is 56.3 cm³/mol. The third kappa shape index (κ3) is 2.79. The molecule has 0 radical (unpaired) electrons. The number of carbonyl (C=O) groups excluding carboxylic acids is 1. The third-order valence-corrected chi connectivity index (χ3v) is 3.17. The minimum absolute atomic E-state index is 0.135. The summed E-state index contributed by atoms with van der Waals surface area (Å²) in [5.41, 5.74) is -0.135. The molecule has 1 fully saturated rings. The standard InChI is InChI=1S/C11H21NO2/c1-3-12(4-2)9-11(10-13)5-7-14-8-6-11/h10H,3-9H2,1-2H3. The normalized spacial score (nSPS) is 21.1. The molecule has 0 bridgehead atoms. The molecule has 0 amide bonds. The number of rotatable bonds is 5. The molecule has 0 unspecified atom stereocenters. The number of aldehydes is 1. The van der Waals surface area contributed by atoms with Crippen LogP contribution in [0.3, 0.4) is 0 Å². The van der Waals surface area contributed by atoms with Gasteiger partial charge in [0.25, 0.3) is 0 Å². The minimum Gasteiger partial charge on any atom is -0.381 e. The van der Waals surface area contributed by atoms with Crippen molar-refractivity contribution >= 4 is 6.29 Å². The second kappa shape index (κ2) is 5.47.